The topological polar surface area (TPSA) is 137 Å². The SMILES string of the molecule is CC1(C)c2ccc([n-]2)C=Nc2ccccc2N=Cc2ccc([n-]2)C(C)(C)c2ccc([n-]2)C=Nc2ccccc2N=Cc2ccc1[n-]2.O.[Fe+2].[Fe+2]. The predicted octanol–water partition coefficient (Wildman–Crippen LogP) is 6.65. The molecular formula is C38H34Fe2N8O. The van der Waals surface area contributed by atoms with Crippen LogP contribution in [0.25, 0.3) is 0 Å². The van der Waals surface area contributed by atoms with Crippen molar-refractivity contribution >= 4 is 47.6 Å². The van der Waals surface area contributed by atoms with E-state index in [1.807, 2.05) is 97.1 Å². The summed E-state index contributed by atoms with van der Waals surface area (Å²) in [6, 6.07) is 31.6. The van der Waals surface area contributed by atoms with Crippen LogP contribution in [0.1, 0.15) is 73.2 Å². The molecule has 5 heterocycles. The first-order valence-corrected chi connectivity index (χ1v) is 15.2. The Bertz CT molecular complexity index is 1840. The van der Waals surface area contributed by atoms with Crippen molar-refractivity contribution in [1.29, 1.82) is 0 Å². The molecule has 9 nitrogen and oxygen atoms in total. The summed E-state index contributed by atoms with van der Waals surface area (Å²) in [5.41, 5.74) is 8.85. The third kappa shape index (κ3) is 7.78. The van der Waals surface area contributed by atoms with Crippen molar-refractivity contribution in [1.82, 2.24) is 19.9 Å². The van der Waals surface area contributed by atoms with Gasteiger partial charge in [-0.15, -0.1) is 22.8 Å². The molecule has 7 rings (SSSR count). The Balaban J connectivity index is 0.00000180. The van der Waals surface area contributed by atoms with Crippen LogP contribution in [-0.4, -0.2) is 30.3 Å². The summed E-state index contributed by atoms with van der Waals surface area (Å²) >= 11 is 0. The summed E-state index contributed by atoms with van der Waals surface area (Å²) in [7, 11) is 0. The van der Waals surface area contributed by atoms with Crippen LogP contribution in [0.3, 0.4) is 0 Å². The molecule has 0 atom stereocenters. The number of aliphatic imine (C=N–C) groups is 4. The summed E-state index contributed by atoms with van der Waals surface area (Å²) < 4.78 is 0. The zero-order chi connectivity index (χ0) is 31.7. The van der Waals surface area contributed by atoms with Crippen LogP contribution in [0.2, 0.25) is 0 Å². The maximum Gasteiger partial charge on any atom is 2.00 e. The third-order valence-electron chi connectivity index (χ3n) is 8.31. The maximum atomic E-state index is 4.88. The van der Waals surface area contributed by atoms with E-state index in [2.05, 4.69) is 27.7 Å². The Morgan fingerprint density at radius 3 is 0.816 bits per heavy atom. The number of hydrogen-bond acceptors (Lipinski definition) is 4. The largest absolute Gasteiger partial charge is 2.00 e. The van der Waals surface area contributed by atoms with Crippen LogP contribution in [0.5, 0.6) is 0 Å². The summed E-state index contributed by atoms with van der Waals surface area (Å²) in [6.07, 6.45) is 7.10. The molecule has 0 unspecified atom stereocenters. The van der Waals surface area contributed by atoms with Crippen molar-refractivity contribution in [2.45, 2.75) is 38.5 Å². The molecule has 248 valence electrons. The van der Waals surface area contributed by atoms with Crippen molar-refractivity contribution in [2.75, 3.05) is 0 Å². The molecule has 11 heteroatoms. The van der Waals surface area contributed by atoms with Gasteiger partial charge in [0.05, 0.1) is 22.7 Å². The van der Waals surface area contributed by atoms with Crippen molar-refractivity contribution < 1.29 is 39.6 Å². The summed E-state index contributed by atoms with van der Waals surface area (Å²) in [5, 5.41) is 0. The quantitative estimate of drug-likeness (QED) is 0.162. The minimum absolute atomic E-state index is 0. The summed E-state index contributed by atoms with van der Waals surface area (Å²) in [5.74, 6) is 0. The molecule has 1 aliphatic rings. The fourth-order valence-electron chi connectivity index (χ4n) is 5.36. The molecule has 8 bridgehead atoms. The van der Waals surface area contributed by atoms with Crippen LogP contribution in [0.4, 0.5) is 22.7 Å². The molecule has 0 aliphatic carbocycles. The van der Waals surface area contributed by atoms with E-state index in [0.29, 0.717) is 0 Å². The van der Waals surface area contributed by atoms with Gasteiger partial charge >= 0.3 is 34.1 Å². The summed E-state index contributed by atoms with van der Waals surface area (Å²) in [6.45, 7) is 8.48. The molecule has 2 aromatic carbocycles. The van der Waals surface area contributed by atoms with E-state index in [1.54, 1.807) is 24.9 Å². The number of fused-ring (bicyclic) bond motifs is 10. The molecule has 2 N–H and O–H groups in total. The van der Waals surface area contributed by atoms with Crippen LogP contribution >= 0.6 is 0 Å². The van der Waals surface area contributed by atoms with Gasteiger partial charge in [0.2, 0.25) is 0 Å². The zero-order valence-corrected chi connectivity index (χ0v) is 29.5. The molecule has 0 radical (unpaired) electrons. The van der Waals surface area contributed by atoms with Gasteiger partial charge in [0.15, 0.2) is 0 Å². The van der Waals surface area contributed by atoms with E-state index in [1.165, 1.54) is 0 Å². The average Bonchev–Trinajstić information content (AvgIpc) is 3.89. The standard InChI is InChI=1S/C38H32N8.2Fe.H2O/c1-37(2)33-17-13-25(43-33)21-39-29-9-5-7-11-31(29)41-23-27-15-19-35(45-27)38(3,4)36-20-16-28(46-36)24-42-32-12-8-6-10-30(32)40-22-26-14-18-34(37)44-26;;;/h5-24H,1-4H3;;;1H2/q-4;2*+2;. The number of nitrogens with zero attached hydrogens (tertiary/aromatic N) is 8. The van der Waals surface area contributed by atoms with E-state index in [9.17, 15) is 0 Å². The predicted molar refractivity (Wildman–Crippen MR) is 189 cm³/mol. The van der Waals surface area contributed by atoms with Crippen molar-refractivity contribution in [3.05, 3.63) is 143 Å². The van der Waals surface area contributed by atoms with Crippen LogP contribution in [0.15, 0.2) is 117 Å². The molecule has 0 saturated heterocycles. The van der Waals surface area contributed by atoms with Gasteiger partial charge in [-0.1, -0.05) is 100 Å². The van der Waals surface area contributed by atoms with Crippen molar-refractivity contribution in [3.63, 3.8) is 0 Å². The first-order chi connectivity index (χ1) is 22.3. The molecule has 0 saturated carbocycles. The summed E-state index contributed by atoms with van der Waals surface area (Å²) in [4.78, 5) is 38.5. The van der Waals surface area contributed by atoms with Crippen molar-refractivity contribution in [3.8, 4) is 0 Å². The maximum absolute atomic E-state index is 4.88. The van der Waals surface area contributed by atoms with Gasteiger partial charge in [-0.25, -0.2) is 0 Å². The van der Waals surface area contributed by atoms with Gasteiger partial charge in [0, 0.05) is 24.9 Å². The van der Waals surface area contributed by atoms with E-state index >= 15 is 0 Å². The second-order valence-corrected chi connectivity index (χ2v) is 12.3. The van der Waals surface area contributed by atoms with E-state index in [0.717, 1.165) is 68.3 Å². The zero-order valence-electron chi connectivity index (χ0n) is 27.3. The number of aromatic nitrogens is 4. The van der Waals surface area contributed by atoms with Gasteiger partial charge in [-0.05, 0) is 35.1 Å². The molecule has 1 aliphatic heterocycles. The molecular weight excluding hydrogens is 696 g/mol. The number of benzene rings is 2. The Hall–Kier alpha value is -4.76. The van der Waals surface area contributed by atoms with Crippen LogP contribution < -0.4 is 19.9 Å². The average molecular weight is 730 g/mol. The minimum Gasteiger partial charge on any atom is -0.659 e. The molecule has 49 heavy (non-hydrogen) atoms. The van der Waals surface area contributed by atoms with Gasteiger partial charge < -0.3 is 25.4 Å². The van der Waals surface area contributed by atoms with Crippen LogP contribution in [-0.2, 0) is 45.0 Å². The van der Waals surface area contributed by atoms with E-state index < -0.39 is 10.8 Å². The van der Waals surface area contributed by atoms with Gasteiger partial charge in [0.1, 0.15) is 0 Å². The molecule has 0 spiro atoms. The molecule has 0 amide bonds. The number of rotatable bonds is 0. The Labute approximate surface area is 306 Å². The smallest absolute Gasteiger partial charge is 0.659 e. The second kappa shape index (κ2) is 15.2. The Morgan fingerprint density at radius 2 is 0.592 bits per heavy atom. The normalized spacial score (nSPS) is 14.4. The van der Waals surface area contributed by atoms with Gasteiger partial charge in [0.25, 0.3) is 0 Å². The van der Waals surface area contributed by atoms with Gasteiger partial charge in [-0.3, -0.25) is 20.0 Å². The Morgan fingerprint density at radius 1 is 0.367 bits per heavy atom. The van der Waals surface area contributed by atoms with Gasteiger partial charge in [-0.2, -0.15) is 22.8 Å². The fourth-order valence-corrected chi connectivity index (χ4v) is 5.36. The molecule has 4 aromatic heterocycles. The molecule has 6 aromatic rings. The monoisotopic (exact) mass is 730 g/mol. The fraction of sp³-hybridized carbons (Fsp3) is 0.158. The Kier molecular flexibility index (Phi) is 11.5. The second-order valence-electron chi connectivity index (χ2n) is 12.3. The van der Waals surface area contributed by atoms with Crippen molar-refractivity contribution in [2.24, 2.45) is 20.0 Å². The minimum atomic E-state index is -0.418. The molecule has 0 fully saturated rings. The third-order valence-corrected chi connectivity index (χ3v) is 8.31. The van der Waals surface area contributed by atoms with E-state index in [4.69, 9.17) is 39.9 Å². The number of para-hydroxylation sites is 4. The first kappa shape index (κ1) is 37.1. The van der Waals surface area contributed by atoms with Crippen LogP contribution in [0, 0.1) is 0 Å². The first-order valence-electron chi connectivity index (χ1n) is 15.2. The number of hydrogen-bond donors (Lipinski definition) is 0. The van der Waals surface area contributed by atoms with E-state index in [-0.39, 0.29) is 39.6 Å².